The number of nitrogens with zero attached hydrogens (tertiary/aromatic N) is 1. The Kier molecular flexibility index (Phi) is 3.95. The maximum atomic E-state index is 12.9. The molecule has 0 saturated carbocycles. The lowest BCUT2D eigenvalue weighted by molar-refractivity contribution is -0.137. The molecule has 1 aromatic heterocycles. The number of furan rings is 1. The zero-order valence-electron chi connectivity index (χ0n) is 14.7. The molecule has 0 spiro atoms. The summed E-state index contributed by atoms with van der Waals surface area (Å²) in [5.41, 5.74) is -1.19. The standard InChI is InChI=1S/C20H15F3N2O3/c1-19(16-10-13-4-2-3-5-15(13)28-16)17(26)25(18(27)24-19)11-12-6-8-14(9-7-12)20(21,22)23/h2-10H,11H2,1H3,(H,24,27). The molecule has 2 heterocycles. The molecule has 4 rings (SSSR count). The number of para-hydroxylation sites is 1. The van der Waals surface area contributed by atoms with Crippen LogP contribution in [0.4, 0.5) is 18.0 Å². The van der Waals surface area contributed by atoms with E-state index in [9.17, 15) is 22.8 Å². The molecule has 0 radical (unpaired) electrons. The van der Waals surface area contributed by atoms with Gasteiger partial charge in [-0.05, 0) is 36.8 Å². The van der Waals surface area contributed by atoms with Gasteiger partial charge in [0, 0.05) is 5.39 Å². The Morgan fingerprint density at radius 2 is 1.75 bits per heavy atom. The van der Waals surface area contributed by atoms with Gasteiger partial charge in [0.15, 0.2) is 5.54 Å². The van der Waals surface area contributed by atoms with Crippen LogP contribution in [0.15, 0.2) is 59.0 Å². The van der Waals surface area contributed by atoms with Crippen molar-refractivity contribution < 1.29 is 27.2 Å². The fraction of sp³-hybridized carbons (Fsp3) is 0.200. The van der Waals surface area contributed by atoms with Crippen LogP contribution in [0.1, 0.15) is 23.8 Å². The highest BCUT2D eigenvalue weighted by Gasteiger charge is 2.51. The largest absolute Gasteiger partial charge is 0.458 e. The number of alkyl halides is 3. The highest BCUT2D eigenvalue weighted by Crippen LogP contribution is 2.34. The van der Waals surface area contributed by atoms with Gasteiger partial charge in [-0.2, -0.15) is 13.2 Å². The molecule has 1 aliphatic heterocycles. The average molecular weight is 388 g/mol. The van der Waals surface area contributed by atoms with Gasteiger partial charge >= 0.3 is 12.2 Å². The van der Waals surface area contributed by atoms with Crippen LogP contribution in [0, 0.1) is 0 Å². The first kappa shape index (κ1) is 18.1. The quantitative estimate of drug-likeness (QED) is 0.676. The van der Waals surface area contributed by atoms with Crippen LogP contribution in [0.3, 0.4) is 0 Å². The number of benzene rings is 2. The Labute approximate surface area is 157 Å². The molecule has 3 amide bonds. The maximum Gasteiger partial charge on any atom is 0.416 e. The van der Waals surface area contributed by atoms with E-state index in [4.69, 9.17) is 4.42 Å². The van der Waals surface area contributed by atoms with Crippen molar-refractivity contribution in [1.82, 2.24) is 10.2 Å². The van der Waals surface area contributed by atoms with Crippen molar-refractivity contribution in [1.29, 1.82) is 0 Å². The summed E-state index contributed by atoms with van der Waals surface area (Å²) in [4.78, 5) is 26.3. The van der Waals surface area contributed by atoms with E-state index in [1.165, 1.54) is 19.1 Å². The molecule has 0 bridgehead atoms. The Bertz CT molecular complexity index is 1040. The molecule has 8 heteroatoms. The normalized spacial score (nSPS) is 20.1. The van der Waals surface area contributed by atoms with Gasteiger partial charge in [-0.3, -0.25) is 9.69 Å². The molecule has 5 nitrogen and oxygen atoms in total. The van der Waals surface area contributed by atoms with E-state index >= 15 is 0 Å². The topological polar surface area (TPSA) is 62.6 Å². The van der Waals surface area contributed by atoms with Crippen molar-refractivity contribution in [2.45, 2.75) is 25.2 Å². The average Bonchev–Trinajstić information content (AvgIpc) is 3.17. The van der Waals surface area contributed by atoms with Gasteiger partial charge in [-0.25, -0.2) is 4.79 Å². The van der Waals surface area contributed by atoms with Gasteiger partial charge in [-0.1, -0.05) is 30.3 Å². The summed E-state index contributed by atoms with van der Waals surface area (Å²) in [6.45, 7) is 1.40. The number of carbonyl (C=O) groups excluding carboxylic acids is 2. The third kappa shape index (κ3) is 2.90. The number of carbonyl (C=O) groups is 2. The number of hydrogen-bond donors (Lipinski definition) is 1. The number of halogens is 3. The van der Waals surface area contributed by atoms with E-state index in [-0.39, 0.29) is 6.54 Å². The number of fused-ring (bicyclic) bond motifs is 1. The van der Waals surface area contributed by atoms with Gasteiger partial charge in [0.1, 0.15) is 11.3 Å². The Morgan fingerprint density at radius 1 is 1.07 bits per heavy atom. The van der Waals surface area contributed by atoms with Crippen LogP contribution in [0.25, 0.3) is 11.0 Å². The minimum absolute atomic E-state index is 0.140. The van der Waals surface area contributed by atoms with Crippen LogP contribution >= 0.6 is 0 Å². The van der Waals surface area contributed by atoms with Crippen molar-refractivity contribution in [3.05, 3.63) is 71.5 Å². The van der Waals surface area contributed by atoms with Crippen molar-refractivity contribution in [3.8, 4) is 0 Å². The molecule has 1 fully saturated rings. The van der Waals surface area contributed by atoms with E-state index in [2.05, 4.69) is 5.32 Å². The Hall–Kier alpha value is -3.29. The minimum Gasteiger partial charge on any atom is -0.458 e. The second kappa shape index (κ2) is 6.12. The lowest BCUT2D eigenvalue weighted by atomic mass is 9.98. The summed E-state index contributed by atoms with van der Waals surface area (Å²) in [5, 5.41) is 3.42. The molecular weight excluding hydrogens is 373 g/mol. The van der Waals surface area contributed by atoms with Crippen LogP contribution in [-0.2, 0) is 23.1 Å². The molecule has 2 aromatic carbocycles. The summed E-state index contributed by atoms with van der Waals surface area (Å²) in [6, 6.07) is 12.6. The zero-order valence-corrected chi connectivity index (χ0v) is 14.7. The number of imide groups is 1. The molecule has 0 aliphatic carbocycles. The minimum atomic E-state index is -4.45. The second-order valence-corrected chi connectivity index (χ2v) is 6.79. The van der Waals surface area contributed by atoms with Crippen molar-refractivity contribution in [3.63, 3.8) is 0 Å². The van der Waals surface area contributed by atoms with Crippen LogP contribution in [0.2, 0.25) is 0 Å². The SMILES string of the molecule is CC1(c2cc3ccccc3o2)NC(=O)N(Cc2ccc(C(F)(F)F)cc2)C1=O. The first-order chi connectivity index (χ1) is 13.2. The first-order valence-electron chi connectivity index (χ1n) is 8.48. The Balaban J connectivity index is 1.60. The van der Waals surface area contributed by atoms with Gasteiger partial charge in [0.05, 0.1) is 12.1 Å². The summed E-state index contributed by atoms with van der Waals surface area (Å²) >= 11 is 0. The lowest BCUT2D eigenvalue weighted by Crippen LogP contribution is -2.40. The molecule has 3 aromatic rings. The third-order valence-electron chi connectivity index (χ3n) is 4.82. The predicted octanol–water partition coefficient (Wildman–Crippen LogP) is 4.42. The van der Waals surface area contributed by atoms with Crippen molar-refractivity contribution in [2.24, 2.45) is 0 Å². The third-order valence-corrected chi connectivity index (χ3v) is 4.82. The van der Waals surface area contributed by atoms with Crippen molar-refractivity contribution >= 4 is 22.9 Å². The molecule has 1 N–H and O–H groups in total. The molecular formula is C20H15F3N2O3. The summed E-state index contributed by atoms with van der Waals surface area (Å²) in [5.74, 6) is -0.238. The van der Waals surface area contributed by atoms with Crippen LogP contribution in [-0.4, -0.2) is 16.8 Å². The summed E-state index contributed by atoms with van der Waals surface area (Å²) < 4.78 is 43.8. The fourth-order valence-corrected chi connectivity index (χ4v) is 3.22. The van der Waals surface area contributed by atoms with Gasteiger partial charge in [-0.15, -0.1) is 0 Å². The lowest BCUT2D eigenvalue weighted by Gasteiger charge is -2.19. The maximum absolute atomic E-state index is 12.9. The molecule has 1 saturated heterocycles. The van der Waals surface area contributed by atoms with Crippen molar-refractivity contribution in [2.75, 3.05) is 0 Å². The number of rotatable bonds is 3. The zero-order chi connectivity index (χ0) is 20.1. The highest BCUT2D eigenvalue weighted by atomic mass is 19.4. The molecule has 1 atom stereocenters. The van der Waals surface area contributed by atoms with E-state index in [1.807, 2.05) is 12.1 Å². The Morgan fingerprint density at radius 3 is 2.39 bits per heavy atom. The number of nitrogens with one attached hydrogen (secondary N) is 1. The van der Waals surface area contributed by atoms with Gasteiger partial charge in [0.2, 0.25) is 0 Å². The number of hydrogen-bond acceptors (Lipinski definition) is 3. The predicted molar refractivity (Wildman–Crippen MR) is 94.1 cm³/mol. The molecule has 28 heavy (non-hydrogen) atoms. The van der Waals surface area contributed by atoms with Crippen LogP contribution < -0.4 is 5.32 Å². The highest BCUT2D eigenvalue weighted by molar-refractivity contribution is 6.07. The van der Waals surface area contributed by atoms with E-state index in [0.717, 1.165) is 22.4 Å². The number of amides is 3. The van der Waals surface area contributed by atoms with E-state index < -0.39 is 29.2 Å². The van der Waals surface area contributed by atoms with Gasteiger partial charge < -0.3 is 9.73 Å². The monoisotopic (exact) mass is 388 g/mol. The number of urea groups is 1. The fourth-order valence-electron chi connectivity index (χ4n) is 3.22. The first-order valence-corrected chi connectivity index (χ1v) is 8.48. The van der Waals surface area contributed by atoms with Gasteiger partial charge in [0.25, 0.3) is 5.91 Å². The second-order valence-electron chi connectivity index (χ2n) is 6.79. The molecule has 1 unspecified atom stereocenters. The van der Waals surface area contributed by atoms with E-state index in [1.54, 1.807) is 18.2 Å². The molecule has 144 valence electrons. The van der Waals surface area contributed by atoms with E-state index in [0.29, 0.717) is 16.9 Å². The molecule has 1 aliphatic rings. The smallest absolute Gasteiger partial charge is 0.416 e. The summed E-state index contributed by atoms with van der Waals surface area (Å²) in [7, 11) is 0. The summed E-state index contributed by atoms with van der Waals surface area (Å²) in [6.07, 6.45) is -4.45. The van der Waals surface area contributed by atoms with Crippen LogP contribution in [0.5, 0.6) is 0 Å².